The molecule has 2 heterocycles. The summed E-state index contributed by atoms with van der Waals surface area (Å²) in [5, 5.41) is 5.71. The Bertz CT molecular complexity index is 784. The number of carbonyl (C=O) groups excluding carboxylic acids is 2. The number of benzene rings is 1. The van der Waals surface area contributed by atoms with Crippen LogP contribution < -0.4 is 15.5 Å². The maximum Gasteiger partial charge on any atom is 0.279 e. The summed E-state index contributed by atoms with van der Waals surface area (Å²) in [6.45, 7) is 3.89. The molecule has 138 valence electrons. The van der Waals surface area contributed by atoms with E-state index >= 15 is 0 Å². The summed E-state index contributed by atoms with van der Waals surface area (Å²) in [4.78, 5) is 25.8. The van der Waals surface area contributed by atoms with Crippen LogP contribution in [-0.2, 0) is 11.8 Å². The number of hydrogen-bond donors (Lipinski definition) is 3. The first-order valence-electron chi connectivity index (χ1n) is 9.22. The van der Waals surface area contributed by atoms with Crippen LogP contribution in [0.15, 0.2) is 42.6 Å². The largest absolute Gasteiger partial charge is 0.352 e. The molecule has 6 heteroatoms. The number of carbonyl (C=O) groups is 2. The summed E-state index contributed by atoms with van der Waals surface area (Å²) < 4.78 is 2.14. The Morgan fingerprint density at radius 2 is 2.12 bits per heavy atom. The highest BCUT2D eigenvalue weighted by Crippen LogP contribution is 2.19. The minimum atomic E-state index is -0.127. The van der Waals surface area contributed by atoms with Crippen molar-refractivity contribution in [2.75, 3.05) is 25.0 Å². The quantitative estimate of drug-likeness (QED) is 0.727. The van der Waals surface area contributed by atoms with Crippen molar-refractivity contribution >= 4 is 17.5 Å². The fourth-order valence-corrected chi connectivity index (χ4v) is 3.73. The van der Waals surface area contributed by atoms with Crippen molar-refractivity contribution in [2.45, 2.75) is 25.8 Å². The molecule has 0 saturated carbocycles. The van der Waals surface area contributed by atoms with Crippen LogP contribution in [0.25, 0.3) is 0 Å². The van der Waals surface area contributed by atoms with Gasteiger partial charge in [0.05, 0.1) is 12.2 Å². The van der Waals surface area contributed by atoms with Crippen LogP contribution in [0, 0.1) is 0 Å². The summed E-state index contributed by atoms with van der Waals surface area (Å²) in [6.07, 6.45) is 4.29. The van der Waals surface area contributed by atoms with Gasteiger partial charge in [0.25, 0.3) is 11.8 Å². The highest BCUT2D eigenvalue weighted by atomic mass is 16.2. The number of anilines is 1. The third-order valence-corrected chi connectivity index (χ3v) is 4.96. The lowest BCUT2D eigenvalue weighted by molar-refractivity contribution is -0.910. The molecular formula is C20H27N4O2+. The molecule has 26 heavy (non-hydrogen) atoms. The smallest absolute Gasteiger partial charge is 0.279 e. The van der Waals surface area contributed by atoms with Gasteiger partial charge in [0.1, 0.15) is 6.04 Å². The second-order valence-corrected chi connectivity index (χ2v) is 6.81. The Balaban J connectivity index is 1.63. The van der Waals surface area contributed by atoms with Crippen LogP contribution in [0.3, 0.4) is 0 Å². The molecule has 0 spiro atoms. The second-order valence-electron chi connectivity index (χ2n) is 6.81. The highest BCUT2D eigenvalue weighted by Gasteiger charge is 2.32. The lowest BCUT2D eigenvalue weighted by atomic mass is 10.1. The van der Waals surface area contributed by atoms with Gasteiger partial charge in [0, 0.05) is 43.9 Å². The molecule has 6 nitrogen and oxygen atoms in total. The van der Waals surface area contributed by atoms with Gasteiger partial charge < -0.3 is 20.1 Å². The van der Waals surface area contributed by atoms with Crippen molar-refractivity contribution in [1.29, 1.82) is 0 Å². The Morgan fingerprint density at radius 3 is 2.85 bits per heavy atom. The molecule has 1 aliphatic heterocycles. The van der Waals surface area contributed by atoms with Crippen molar-refractivity contribution in [3.63, 3.8) is 0 Å². The van der Waals surface area contributed by atoms with Crippen molar-refractivity contribution in [3.8, 4) is 0 Å². The van der Waals surface area contributed by atoms with Gasteiger partial charge in [-0.15, -0.1) is 0 Å². The van der Waals surface area contributed by atoms with E-state index in [9.17, 15) is 9.59 Å². The number of rotatable bonds is 6. The summed E-state index contributed by atoms with van der Waals surface area (Å²) in [5.74, 6) is -0.147. The van der Waals surface area contributed by atoms with E-state index in [1.807, 2.05) is 13.0 Å². The number of likely N-dealkylation sites (tertiary alicyclic amines) is 1. The lowest BCUT2D eigenvalue weighted by Crippen LogP contribution is -3.11. The van der Waals surface area contributed by atoms with Gasteiger partial charge in [0.2, 0.25) is 0 Å². The molecule has 1 aromatic carbocycles. The van der Waals surface area contributed by atoms with Gasteiger partial charge in [-0.25, -0.2) is 0 Å². The van der Waals surface area contributed by atoms with Crippen LogP contribution in [-0.4, -0.2) is 36.0 Å². The maximum absolute atomic E-state index is 12.5. The first-order chi connectivity index (χ1) is 12.6. The van der Waals surface area contributed by atoms with Gasteiger partial charge in [-0.2, -0.15) is 0 Å². The molecule has 2 amide bonds. The van der Waals surface area contributed by atoms with Crippen LogP contribution in [0.4, 0.5) is 5.69 Å². The second kappa shape index (κ2) is 8.19. The zero-order valence-corrected chi connectivity index (χ0v) is 15.4. The zero-order valence-electron chi connectivity index (χ0n) is 15.4. The van der Waals surface area contributed by atoms with Crippen LogP contribution >= 0.6 is 0 Å². The third kappa shape index (κ3) is 4.14. The normalized spacial score (nSPS) is 19.3. The van der Waals surface area contributed by atoms with E-state index in [-0.39, 0.29) is 11.8 Å². The van der Waals surface area contributed by atoms with Crippen molar-refractivity contribution in [3.05, 3.63) is 53.9 Å². The molecule has 0 aliphatic carbocycles. The molecule has 0 bridgehead atoms. The molecule has 0 radical (unpaired) electrons. The summed E-state index contributed by atoms with van der Waals surface area (Å²) in [6, 6.07) is 11.6. The number of nitrogens with one attached hydrogen (secondary N) is 3. The zero-order chi connectivity index (χ0) is 18.5. The van der Waals surface area contributed by atoms with Gasteiger partial charge in [-0.05, 0) is 37.3 Å². The average molecular weight is 355 g/mol. The van der Waals surface area contributed by atoms with Crippen LogP contribution in [0.5, 0.6) is 0 Å². The molecule has 2 atom stereocenters. The molecule has 1 aliphatic rings. The van der Waals surface area contributed by atoms with E-state index in [0.717, 1.165) is 19.4 Å². The fraction of sp³-hybridized carbons (Fsp3) is 0.400. The van der Waals surface area contributed by atoms with Crippen molar-refractivity contribution in [2.24, 2.45) is 7.05 Å². The summed E-state index contributed by atoms with van der Waals surface area (Å²) in [5.41, 5.74) is 2.50. The predicted molar refractivity (Wildman–Crippen MR) is 101 cm³/mol. The highest BCUT2D eigenvalue weighted by molar-refractivity contribution is 5.97. The summed E-state index contributed by atoms with van der Waals surface area (Å²) >= 11 is 0. The number of nitrogens with zero attached hydrogens (tertiary/aromatic N) is 1. The van der Waals surface area contributed by atoms with Gasteiger partial charge in [-0.3, -0.25) is 9.59 Å². The first kappa shape index (κ1) is 18.2. The Hall–Kier alpha value is -2.60. The number of aromatic nitrogens is 1. The topological polar surface area (TPSA) is 67.6 Å². The van der Waals surface area contributed by atoms with E-state index in [1.54, 1.807) is 18.2 Å². The van der Waals surface area contributed by atoms with Crippen LogP contribution in [0.1, 0.15) is 41.9 Å². The minimum absolute atomic E-state index is 0.0193. The molecule has 3 N–H and O–H groups in total. The monoisotopic (exact) mass is 355 g/mol. The minimum Gasteiger partial charge on any atom is -0.352 e. The van der Waals surface area contributed by atoms with Gasteiger partial charge >= 0.3 is 0 Å². The molecule has 1 saturated heterocycles. The van der Waals surface area contributed by atoms with Gasteiger partial charge in [-0.1, -0.05) is 6.07 Å². The van der Waals surface area contributed by atoms with Crippen molar-refractivity contribution < 1.29 is 14.5 Å². The van der Waals surface area contributed by atoms with E-state index in [0.29, 0.717) is 30.4 Å². The molecular weight excluding hydrogens is 328 g/mol. The SMILES string of the molecule is CCNC(=O)c1cccc(NC(=O)C[NH+]2CCC[C@H]2c2cccn2C)c1. The number of hydrogen-bond acceptors (Lipinski definition) is 2. The third-order valence-electron chi connectivity index (χ3n) is 4.96. The Labute approximate surface area is 154 Å². The standard InChI is InChI=1S/C20H26N4O2/c1-3-21-20(26)15-7-4-8-16(13-15)22-19(25)14-24-12-6-10-18(24)17-9-5-11-23(17)2/h4-5,7-9,11,13,18H,3,6,10,12,14H2,1-2H3,(H,21,26)(H,22,25)/p+1/t18-/m0/s1. The maximum atomic E-state index is 12.5. The molecule has 1 unspecified atom stereocenters. The Kier molecular flexibility index (Phi) is 5.73. The molecule has 2 aromatic rings. The number of amides is 2. The average Bonchev–Trinajstić information content (AvgIpc) is 3.23. The van der Waals surface area contributed by atoms with Crippen LogP contribution in [0.2, 0.25) is 0 Å². The fourth-order valence-electron chi connectivity index (χ4n) is 3.73. The van der Waals surface area contributed by atoms with Crippen molar-refractivity contribution in [1.82, 2.24) is 9.88 Å². The molecule has 3 rings (SSSR count). The summed E-state index contributed by atoms with van der Waals surface area (Å²) in [7, 11) is 2.05. The van der Waals surface area contributed by atoms with E-state index < -0.39 is 0 Å². The number of quaternary nitrogens is 1. The lowest BCUT2D eigenvalue weighted by Gasteiger charge is -2.21. The first-order valence-corrected chi connectivity index (χ1v) is 9.22. The molecule has 1 fully saturated rings. The predicted octanol–water partition coefficient (Wildman–Crippen LogP) is 1.13. The Morgan fingerprint density at radius 1 is 1.27 bits per heavy atom. The van der Waals surface area contributed by atoms with Gasteiger partial charge in [0.15, 0.2) is 6.54 Å². The van der Waals surface area contributed by atoms with E-state index in [2.05, 4.69) is 40.6 Å². The number of aryl methyl sites for hydroxylation is 1. The van der Waals surface area contributed by atoms with E-state index in [1.165, 1.54) is 10.6 Å². The van der Waals surface area contributed by atoms with E-state index in [4.69, 9.17) is 0 Å². The molecule has 1 aromatic heterocycles.